The van der Waals surface area contributed by atoms with E-state index in [1.807, 2.05) is 22.9 Å². The quantitative estimate of drug-likeness (QED) is 0.799. The number of nitriles is 1. The summed E-state index contributed by atoms with van der Waals surface area (Å²) in [5.41, 5.74) is 2.44. The summed E-state index contributed by atoms with van der Waals surface area (Å²) in [7, 11) is 2.12. The highest BCUT2D eigenvalue weighted by Gasteiger charge is 2.18. The number of fused-ring (bicyclic) bond motifs is 1. The fraction of sp³-hybridized carbons (Fsp3) is 0.385. The van der Waals surface area contributed by atoms with Crippen molar-refractivity contribution < 1.29 is 0 Å². The summed E-state index contributed by atoms with van der Waals surface area (Å²) in [4.78, 5) is 5.46. The number of imidazole rings is 1. The van der Waals surface area contributed by atoms with E-state index >= 15 is 0 Å². The fourth-order valence-corrected chi connectivity index (χ4v) is 2.80. The fourth-order valence-electron chi connectivity index (χ4n) is 2.49. The van der Waals surface area contributed by atoms with Crippen LogP contribution < -0.4 is 5.01 Å². The minimum absolute atomic E-state index is 0.636. The van der Waals surface area contributed by atoms with Crippen LogP contribution in [0.3, 0.4) is 0 Å². The molecule has 6 heteroatoms. The van der Waals surface area contributed by atoms with Crippen LogP contribution in [0.5, 0.6) is 0 Å². The summed E-state index contributed by atoms with van der Waals surface area (Å²) in [5, 5.41) is 11.4. The zero-order chi connectivity index (χ0) is 13.4. The third kappa shape index (κ3) is 2.01. The van der Waals surface area contributed by atoms with Gasteiger partial charge in [-0.25, -0.2) is 4.68 Å². The summed E-state index contributed by atoms with van der Waals surface area (Å²) in [6.45, 7) is 3.92. The number of hydrogen-bond donors (Lipinski definition) is 1. The molecule has 98 valence electrons. The second-order valence-electron chi connectivity index (χ2n) is 4.81. The SMILES string of the molecule is CN1CCN(n2c(=S)[nH]c3c(C#N)cccc32)CC1. The number of H-pyrrole nitrogens is 1. The lowest BCUT2D eigenvalue weighted by Crippen LogP contribution is -2.49. The Bertz CT molecular complexity index is 700. The van der Waals surface area contributed by atoms with Gasteiger partial charge in [0.25, 0.3) is 0 Å². The second-order valence-corrected chi connectivity index (χ2v) is 5.20. The van der Waals surface area contributed by atoms with E-state index in [-0.39, 0.29) is 0 Å². The van der Waals surface area contributed by atoms with E-state index < -0.39 is 0 Å². The molecule has 0 radical (unpaired) electrons. The molecular weight excluding hydrogens is 258 g/mol. The predicted octanol–water partition coefficient (Wildman–Crippen LogP) is 1.45. The van der Waals surface area contributed by atoms with E-state index in [2.05, 4.69) is 28.0 Å². The third-order valence-corrected chi connectivity index (χ3v) is 3.85. The number of aromatic amines is 1. The number of benzene rings is 1. The lowest BCUT2D eigenvalue weighted by atomic mass is 10.2. The van der Waals surface area contributed by atoms with Crippen LogP contribution in [0.2, 0.25) is 0 Å². The molecule has 0 saturated carbocycles. The molecule has 0 amide bonds. The van der Waals surface area contributed by atoms with E-state index in [0.717, 1.165) is 37.2 Å². The van der Waals surface area contributed by atoms with Gasteiger partial charge in [0, 0.05) is 26.2 Å². The van der Waals surface area contributed by atoms with Crippen LogP contribution in [0.15, 0.2) is 18.2 Å². The van der Waals surface area contributed by atoms with Gasteiger partial charge >= 0.3 is 0 Å². The average molecular weight is 273 g/mol. The molecule has 0 bridgehead atoms. The van der Waals surface area contributed by atoms with Crippen molar-refractivity contribution in [1.82, 2.24) is 14.6 Å². The smallest absolute Gasteiger partial charge is 0.197 e. The summed E-state index contributed by atoms with van der Waals surface area (Å²) in [6.07, 6.45) is 0. The van der Waals surface area contributed by atoms with Crippen molar-refractivity contribution in [3.63, 3.8) is 0 Å². The van der Waals surface area contributed by atoms with Crippen molar-refractivity contribution >= 4 is 23.3 Å². The summed E-state index contributed by atoms with van der Waals surface area (Å²) in [5.74, 6) is 0. The highest BCUT2D eigenvalue weighted by atomic mass is 32.1. The molecule has 1 aromatic carbocycles. The van der Waals surface area contributed by atoms with Crippen molar-refractivity contribution in [3.8, 4) is 6.07 Å². The molecule has 5 nitrogen and oxygen atoms in total. The molecule has 3 rings (SSSR count). The van der Waals surface area contributed by atoms with Crippen LogP contribution in [-0.2, 0) is 0 Å². The largest absolute Gasteiger partial charge is 0.328 e. The zero-order valence-electron chi connectivity index (χ0n) is 10.8. The number of nitrogens with one attached hydrogen (secondary N) is 1. The van der Waals surface area contributed by atoms with Crippen LogP contribution >= 0.6 is 12.2 Å². The predicted molar refractivity (Wildman–Crippen MR) is 77.3 cm³/mol. The lowest BCUT2D eigenvalue weighted by molar-refractivity contribution is 0.288. The minimum Gasteiger partial charge on any atom is -0.328 e. The first-order valence-corrected chi connectivity index (χ1v) is 6.69. The molecule has 1 aromatic heterocycles. The zero-order valence-corrected chi connectivity index (χ0v) is 11.6. The summed E-state index contributed by atoms with van der Waals surface area (Å²) in [6, 6.07) is 7.91. The number of piperazine rings is 1. The van der Waals surface area contributed by atoms with Gasteiger partial charge in [0.1, 0.15) is 6.07 Å². The first kappa shape index (κ1) is 12.2. The van der Waals surface area contributed by atoms with Crippen molar-refractivity contribution in [2.45, 2.75) is 0 Å². The van der Waals surface area contributed by atoms with E-state index in [1.54, 1.807) is 0 Å². The van der Waals surface area contributed by atoms with E-state index in [0.29, 0.717) is 10.3 Å². The molecule has 0 unspecified atom stereocenters. The Morgan fingerprint density at radius 1 is 1.26 bits per heavy atom. The number of hydrogen-bond acceptors (Lipinski definition) is 4. The topological polar surface area (TPSA) is 51.0 Å². The van der Waals surface area contributed by atoms with Crippen molar-refractivity contribution in [2.24, 2.45) is 0 Å². The minimum atomic E-state index is 0.636. The van der Waals surface area contributed by atoms with Gasteiger partial charge in [-0.15, -0.1) is 0 Å². The first-order chi connectivity index (χ1) is 9.20. The van der Waals surface area contributed by atoms with Gasteiger partial charge in [-0.1, -0.05) is 6.07 Å². The molecule has 1 saturated heterocycles. The second kappa shape index (κ2) is 4.68. The Hall–Kier alpha value is -1.84. The van der Waals surface area contributed by atoms with E-state index in [4.69, 9.17) is 17.5 Å². The number of aromatic nitrogens is 2. The molecule has 0 atom stereocenters. The molecule has 1 aliphatic heterocycles. The first-order valence-electron chi connectivity index (χ1n) is 6.28. The van der Waals surface area contributed by atoms with Crippen LogP contribution in [0.25, 0.3) is 11.0 Å². The third-order valence-electron chi connectivity index (χ3n) is 3.58. The van der Waals surface area contributed by atoms with Gasteiger partial charge in [-0.05, 0) is 31.4 Å². The Morgan fingerprint density at radius 2 is 2.00 bits per heavy atom. The molecule has 0 aliphatic carbocycles. The van der Waals surface area contributed by atoms with Crippen LogP contribution in [0, 0.1) is 16.1 Å². The highest BCUT2D eigenvalue weighted by Crippen LogP contribution is 2.18. The molecule has 0 spiro atoms. The van der Waals surface area contributed by atoms with Gasteiger partial charge in [-0.3, -0.25) is 0 Å². The Labute approximate surface area is 116 Å². The van der Waals surface area contributed by atoms with Crippen molar-refractivity contribution in [3.05, 3.63) is 28.5 Å². The highest BCUT2D eigenvalue weighted by molar-refractivity contribution is 7.71. The van der Waals surface area contributed by atoms with Crippen molar-refractivity contribution in [1.29, 1.82) is 5.26 Å². The van der Waals surface area contributed by atoms with Crippen LogP contribution in [-0.4, -0.2) is 47.8 Å². The summed E-state index contributed by atoms with van der Waals surface area (Å²) < 4.78 is 2.68. The van der Waals surface area contributed by atoms with E-state index in [1.165, 1.54) is 0 Å². The molecular formula is C13H15N5S. The lowest BCUT2D eigenvalue weighted by Gasteiger charge is -2.34. The maximum atomic E-state index is 9.15. The molecule has 1 fully saturated rings. The molecule has 19 heavy (non-hydrogen) atoms. The number of likely N-dealkylation sites (N-methyl/N-ethyl adjacent to an activating group) is 1. The number of nitrogens with zero attached hydrogens (tertiary/aromatic N) is 4. The Balaban J connectivity index is 2.12. The standard InChI is InChI=1S/C13H15N5S/c1-16-5-7-17(8-6-16)18-11-4-2-3-10(9-14)12(11)15-13(18)19/h2-4H,5-8H2,1H3,(H,15,19). The van der Waals surface area contributed by atoms with Gasteiger partial charge in [0.2, 0.25) is 0 Å². The normalized spacial score (nSPS) is 16.7. The van der Waals surface area contributed by atoms with Crippen molar-refractivity contribution in [2.75, 3.05) is 38.2 Å². The molecule has 1 aliphatic rings. The molecule has 2 aromatic rings. The molecule has 1 N–H and O–H groups in total. The molecule has 2 heterocycles. The maximum Gasteiger partial charge on any atom is 0.197 e. The summed E-state index contributed by atoms with van der Waals surface area (Å²) >= 11 is 5.41. The van der Waals surface area contributed by atoms with Gasteiger partial charge in [0.15, 0.2) is 4.77 Å². The van der Waals surface area contributed by atoms with Crippen LogP contribution in [0.1, 0.15) is 5.56 Å². The Kier molecular flexibility index (Phi) is 3.01. The van der Waals surface area contributed by atoms with E-state index in [9.17, 15) is 0 Å². The number of rotatable bonds is 1. The average Bonchev–Trinajstić information content (AvgIpc) is 2.76. The number of para-hydroxylation sites is 1. The van der Waals surface area contributed by atoms with Gasteiger partial charge in [0.05, 0.1) is 16.6 Å². The van der Waals surface area contributed by atoms with Gasteiger partial charge in [-0.2, -0.15) is 5.26 Å². The Morgan fingerprint density at radius 3 is 2.68 bits per heavy atom. The monoisotopic (exact) mass is 273 g/mol. The van der Waals surface area contributed by atoms with Gasteiger partial charge < -0.3 is 14.9 Å². The van der Waals surface area contributed by atoms with Crippen LogP contribution in [0.4, 0.5) is 0 Å². The maximum absolute atomic E-state index is 9.15.